The summed E-state index contributed by atoms with van der Waals surface area (Å²) in [6.45, 7) is 3.27. The van der Waals surface area contributed by atoms with Crippen molar-refractivity contribution in [3.63, 3.8) is 0 Å². The second kappa shape index (κ2) is 4.45. The van der Waals surface area contributed by atoms with Crippen molar-refractivity contribution in [1.29, 1.82) is 5.26 Å². The second-order valence-corrected chi connectivity index (χ2v) is 2.21. The topological polar surface area (TPSA) is 67.2 Å². The number of Topliss-reactive ketones (excluding diaryl/α,β-unsaturated/α-hetero) is 1. The molecule has 0 aliphatic rings. The molecule has 11 heavy (non-hydrogen) atoms. The Kier molecular flexibility index (Phi) is 3.89. The smallest absolute Gasteiger partial charge is 0.375 e. The molecule has 0 N–H and O–H groups in total. The quantitative estimate of drug-likeness (QED) is 0.437. The van der Waals surface area contributed by atoms with Gasteiger partial charge in [-0.05, 0) is 13.8 Å². The summed E-state index contributed by atoms with van der Waals surface area (Å²) in [5.41, 5.74) is 0. The number of esters is 1. The molecule has 0 amide bonds. The molecule has 60 valence electrons. The van der Waals surface area contributed by atoms with Gasteiger partial charge in [0.05, 0.1) is 12.2 Å². The highest BCUT2D eigenvalue weighted by atomic mass is 16.5. The summed E-state index contributed by atoms with van der Waals surface area (Å²) in [5.74, 6) is -1.72. The molecule has 0 saturated carbocycles. The highest BCUT2D eigenvalue weighted by Crippen LogP contribution is 1.92. The average molecular weight is 155 g/mol. The Morgan fingerprint density at radius 2 is 2.09 bits per heavy atom. The van der Waals surface area contributed by atoms with Crippen LogP contribution in [0, 0.1) is 11.3 Å². The first kappa shape index (κ1) is 9.63. The van der Waals surface area contributed by atoms with Gasteiger partial charge in [0.15, 0.2) is 0 Å². The molecule has 0 radical (unpaired) electrons. The number of carbonyl (C=O) groups excluding carboxylic acids is 2. The van der Waals surface area contributed by atoms with Gasteiger partial charge in [-0.25, -0.2) is 4.79 Å². The van der Waals surface area contributed by atoms with Crippen LogP contribution in [0.1, 0.15) is 20.3 Å². The fourth-order valence-electron chi connectivity index (χ4n) is 0.424. The van der Waals surface area contributed by atoms with Crippen LogP contribution in [0.15, 0.2) is 0 Å². The van der Waals surface area contributed by atoms with Crippen LogP contribution >= 0.6 is 0 Å². The van der Waals surface area contributed by atoms with E-state index in [-0.39, 0.29) is 6.10 Å². The molecule has 0 atom stereocenters. The van der Waals surface area contributed by atoms with Gasteiger partial charge in [-0.2, -0.15) is 5.26 Å². The fraction of sp³-hybridized carbons (Fsp3) is 0.571. The Morgan fingerprint density at radius 3 is 2.45 bits per heavy atom. The lowest BCUT2D eigenvalue weighted by atomic mass is 10.3. The van der Waals surface area contributed by atoms with Gasteiger partial charge in [0.2, 0.25) is 0 Å². The monoisotopic (exact) mass is 155 g/mol. The number of carbonyl (C=O) groups is 2. The van der Waals surface area contributed by atoms with Crippen LogP contribution in [-0.2, 0) is 14.3 Å². The van der Waals surface area contributed by atoms with Crippen LogP contribution in [0.2, 0.25) is 0 Å². The van der Waals surface area contributed by atoms with E-state index in [1.807, 2.05) is 0 Å². The summed E-state index contributed by atoms with van der Waals surface area (Å²) in [6.07, 6.45) is -0.726. The molecule has 0 aliphatic heterocycles. The van der Waals surface area contributed by atoms with Crippen molar-refractivity contribution >= 4 is 11.8 Å². The molecule has 0 aromatic heterocycles. The van der Waals surface area contributed by atoms with E-state index in [1.165, 1.54) is 0 Å². The van der Waals surface area contributed by atoms with Gasteiger partial charge < -0.3 is 4.74 Å². The van der Waals surface area contributed by atoms with Crippen LogP contribution in [-0.4, -0.2) is 17.9 Å². The lowest BCUT2D eigenvalue weighted by molar-refractivity contribution is -0.156. The Bertz CT molecular complexity index is 202. The van der Waals surface area contributed by atoms with Crippen LogP contribution in [0.25, 0.3) is 0 Å². The van der Waals surface area contributed by atoms with Crippen molar-refractivity contribution in [3.05, 3.63) is 0 Å². The Labute approximate surface area is 64.8 Å². The van der Waals surface area contributed by atoms with Crippen LogP contribution in [0.4, 0.5) is 0 Å². The summed E-state index contributed by atoms with van der Waals surface area (Å²) in [6, 6.07) is 1.57. The number of nitriles is 1. The lowest BCUT2D eigenvalue weighted by Crippen LogP contribution is -2.20. The van der Waals surface area contributed by atoms with E-state index in [4.69, 9.17) is 5.26 Å². The van der Waals surface area contributed by atoms with E-state index in [1.54, 1.807) is 19.9 Å². The molecule has 4 nitrogen and oxygen atoms in total. The Morgan fingerprint density at radius 1 is 1.55 bits per heavy atom. The standard InChI is InChI=1S/C7H9NO3/c1-5(2)11-7(10)6(9)3-4-8/h5H,3H2,1-2H3. The van der Waals surface area contributed by atoms with Crippen LogP contribution in [0.3, 0.4) is 0 Å². The van der Waals surface area contributed by atoms with E-state index in [0.717, 1.165) is 0 Å². The number of ether oxygens (including phenoxy) is 1. The first-order valence-electron chi connectivity index (χ1n) is 3.18. The lowest BCUT2D eigenvalue weighted by Gasteiger charge is -2.04. The summed E-state index contributed by atoms with van der Waals surface area (Å²) < 4.78 is 4.52. The third-order valence-electron chi connectivity index (χ3n) is 0.810. The maximum atomic E-state index is 10.6. The largest absolute Gasteiger partial charge is 0.457 e. The minimum Gasteiger partial charge on any atom is -0.457 e. The zero-order valence-corrected chi connectivity index (χ0v) is 6.46. The van der Waals surface area contributed by atoms with E-state index in [2.05, 4.69) is 4.74 Å². The summed E-state index contributed by atoms with van der Waals surface area (Å²) in [5, 5.41) is 8.04. The van der Waals surface area contributed by atoms with E-state index >= 15 is 0 Å². The van der Waals surface area contributed by atoms with Crippen LogP contribution in [0.5, 0.6) is 0 Å². The average Bonchev–Trinajstić information content (AvgIpc) is 1.86. The van der Waals surface area contributed by atoms with E-state index in [9.17, 15) is 9.59 Å². The number of hydrogen-bond acceptors (Lipinski definition) is 4. The predicted molar refractivity (Wildman–Crippen MR) is 36.5 cm³/mol. The number of ketones is 1. The summed E-state index contributed by atoms with van der Waals surface area (Å²) in [7, 11) is 0. The molecule has 0 heterocycles. The van der Waals surface area contributed by atoms with Crippen molar-refractivity contribution in [2.75, 3.05) is 0 Å². The molecule has 0 bridgehead atoms. The van der Waals surface area contributed by atoms with Gasteiger partial charge in [0, 0.05) is 0 Å². The molecule has 0 rings (SSSR count). The van der Waals surface area contributed by atoms with Crippen molar-refractivity contribution in [2.45, 2.75) is 26.4 Å². The zero-order valence-electron chi connectivity index (χ0n) is 6.46. The predicted octanol–water partition coefficient (Wildman–Crippen LogP) is 0.421. The van der Waals surface area contributed by atoms with Crippen LogP contribution < -0.4 is 0 Å². The molecule has 0 aliphatic carbocycles. The Hall–Kier alpha value is -1.37. The first-order valence-corrected chi connectivity index (χ1v) is 3.18. The zero-order chi connectivity index (χ0) is 8.85. The van der Waals surface area contributed by atoms with Crippen molar-refractivity contribution < 1.29 is 14.3 Å². The highest BCUT2D eigenvalue weighted by molar-refractivity contribution is 6.34. The maximum Gasteiger partial charge on any atom is 0.375 e. The molecule has 4 heteroatoms. The van der Waals surface area contributed by atoms with E-state index < -0.39 is 18.2 Å². The van der Waals surface area contributed by atoms with Gasteiger partial charge in [-0.3, -0.25) is 4.79 Å². The normalized spacial score (nSPS) is 8.91. The van der Waals surface area contributed by atoms with Crippen molar-refractivity contribution in [2.24, 2.45) is 0 Å². The van der Waals surface area contributed by atoms with Gasteiger partial charge in [0.1, 0.15) is 6.42 Å². The third-order valence-corrected chi connectivity index (χ3v) is 0.810. The molecule has 0 fully saturated rings. The minimum atomic E-state index is -0.929. The second-order valence-electron chi connectivity index (χ2n) is 2.21. The van der Waals surface area contributed by atoms with Gasteiger partial charge >= 0.3 is 5.97 Å². The summed E-state index contributed by atoms with van der Waals surface area (Å²) >= 11 is 0. The maximum absolute atomic E-state index is 10.6. The van der Waals surface area contributed by atoms with Gasteiger partial charge in [0.25, 0.3) is 5.78 Å². The SMILES string of the molecule is CC(C)OC(=O)C(=O)CC#N. The number of nitrogens with zero attached hydrogens (tertiary/aromatic N) is 1. The fourth-order valence-corrected chi connectivity index (χ4v) is 0.424. The summed E-state index contributed by atoms with van der Waals surface area (Å²) in [4.78, 5) is 21.2. The molecule has 0 aromatic rings. The molecule has 0 aromatic carbocycles. The third kappa shape index (κ3) is 4.09. The Balaban J connectivity index is 3.86. The minimum absolute atomic E-state index is 0.315. The van der Waals surface area contributed by atoms with Gasteiger partial charge in [-0.15, -0.1) is 0 Å². The number of rotatable bonds is 3. The molecule has 0 spiro atoms. The van der Waals surface area contributed by atoms with E-state index in [0.29, 0.717) is 0 Å². The molecular formula is C7H9NO3. The first-order chi connectivity index (χ1) is 5.07. The molecule has 0 saturated heterocycles. The van der Waals surface area contributed by atoms with Gasteiger partial charge in [-0.1, -0.05) is 0 Å². The van der Waals surface area contributed by atoms with Crippen molar-refractivity contribution in [3.8, 4) is 6.07 Å². The molecule has 0 unspecified atom stereocenters. The van der Waals surface area contributed by atoms with Crippen molar-refractivity contribution in [1.82, 2.24) is 0 Å². The molecular weight excluding hydrogens is 146 g/mol. The number of hydrogen-bond donors (Lipinski definition) is 0. The highest BCUT2D eigenvalue weighted by Gasteiger charge is 2.15.